The first-order chi connectivity index (χ1) is 8.59. The molecule has 2 N–H and O–H groups in total. The van der Waals surface area contributed by atoms with Crippen LogP contribution in [-0.4, -0.2) is 20.6 Å². The fourth-order valence-electron chi connectivity index (χ4n) is 1.79. The van der Waals surface area contributed by atoms with E-state index in [-0.39, 0.29) is 0 Å². The number of carbonyl (C=O) groups is 1. The summed E-state index contributed by atoms with van der Waals surface area (Å²) in [6.45, 7) is 3.13. The molecule has 0 unspecified atom stereocenters. The highest BCUT2D eigenvalue weighted by Crippen LogP contribution is 2.14. The van der Waals surface area contributed by atoms with Gasteiger partial charge in [-0.1, -0.05) is 0 Å². The summed E-state index contributed by atoms with van der Waals surface area (Å²) in [5.74, 6) is -0.881. The van der Waals surface area contributed by atoms with Gasteiger partial charge in [-0.25, -0.2) is 9.78 Å². The number of thiazole rings is 1. The van der Waals surface area contributed by atoms with E-state index in [0.29, 0.717) is 18.7 Å². The van der Waals surface area contributed by atoms with Gasteiger partial charge < -0.3 is 15.0 Å². The van der Waals surface area contributed by atoms with E-state index in [1.165, 1.54) is 0 Å². The van der Waals surface area contributed by atoms with Crippen molar-refractivity contribution in [2.45, 2.75) is 20.0 Å². The minimum Gasteiger partial charge on any atom is -0.478 e. The first-order valence-corrected chi connectivity index (χ1v) is 6.50. The molecule has 2 aromatic heterocycles. The Hall–Kier alpha value is -1.66. The maximum absolute atomic E-state index is 11.0. The summed E-state index contributed by atoms with van der Waals surface area (Å²) in [7, 11) is 1.88. The predicted octanol–water partition coefficient (Wildman–Crippen LogP) is 1.78. The predicted molar refractivity (Wildman–Crippen MR) is 69.8 cm³/mol. The molecule has 0 aromatic carbocycles. The molecular weight excluding hydrogens is 250 g/mol. The summed E-state index contributed by atoms with van der Waals surface area (Å²) in [5.41, 5.74) is 4.90. The highest BCUT2D eigenvalue weighted by Gasteiger charge is 2.14. The van der Waals surface area contributed by atoms with Gasteiger partial charge in [0.25, 0.3) is 0 Å². The van der Waals surface area contributed by atoms with Crippen LogP contribution in [0.4, 0.5) is 0 Å². The molecule has 96 valence electrons. The summed E-state index contributed by atoms with van der Waals surface area (Å²) in [6.07, 6.45) is 0. The van der Waals surface area contributed by atoms with Gasteiger partial charge in [0, 0.05) is 36.9 Å². The van der Waals surface area contributed by atoms with Crippen LogP contribution in [0.2, 0.25) is 0 Å². The highest BCUT2D eigenvalue weighted by molar-refractivity contribution is 7.07. The molecule has 0 aliphatic carbocycles. The average molecular weight is 265 g/mol. The third-order valence-electron chi connectivity index (χ3n) is 2.96. The third kappa shape index (κ3) is 2.60. The molecule has 0 amide bonds. The van der Waals surface area contributed by atoms with Crippen LogP contribution in [0.15, 0.2) is 17.0 Å². The first-order valence-electron chi connectivity index (χ1n) is 5.56. The van der Waals surface area contributed by atoms with Gasteiger partial charge in [-0.2, -0.15) is 0 Å². The van der Waals surface area contributed by atoms with Crippen molar-refractivity contribution in [3.05, 3.63) is 39.6 Å². The lowest BCUT2D eigenvalue weighted by Gasteiger charge is -2.05. The molecule has 0 spiro atoms. The van der Waals surface area contributed by atoms with Crippen molar-refractivity contribution in [3.8, 4) is 0 Å². The molecule has 0 saturated carbocycles. The number of carboxylic acids is 1. The van der Waals surface area contributed by atoms with Gasteiger partial charge >= 0.3 is 5.97 Å². The van der Waals surface area contributed by atoms with Gasteiger partial charge in [-0.05, 0) is 13.0 Å². The molecule has 0 bridgehead atoms. The van der Waals surface area contributed by atoms with E-state index in [0.717, 1.165) is 17.1 Å². The number of nitrogens with one attached hydrogen (secondary N) is 1. The van der Waals surface area contributed by atoms with Gasteiger partial charge in [0.05, 0.1) is 16.8 Å². The van der Waals surface area contributed by atoms with Crippen molar-refractivity contribution < 1.29 is 9.90 Å². The summed E-state index contributed by atoms with van der Waals surface area (Å²) in [6, 6.07) is 1.71. The average Bonchev–Trinajstić information content (AvgIpc) is 2.92. The number of rotatable bonds is 5. The molecule has 2 rings (SSSR count). The number of hydrogen-bond donors (Lipinski definition) is 2. The largest absolute Gasteiger partial charge is 0.478 e. The Morgan fingerprint density at radius 2 is 2.33 bits per heavy atom. The SMILES string of the molecule is Cc1c(C(=O)O)cc(CNCc2cscn2)n1C. The third-order valence-corrected chi connectivity index (χ3v) is 3.60. The van der Waals surface area contributed by atoms with E-state index < -0.39 is 5.97 Å². The van der Waals surface area contributed by atoms with Crippen molar-refractivity contribution in [2.75, 3.05) is 0 Å². The van der Waals surface area contributed by atoms with Gasteiger partial charge in [0.2, 0.25) is 0 Å². The lowest BCUT2D eigenvalue weighted by Crippen LogP contribution is -2.15. The normalized spacial score (nSPS) is 10.8. The van der Waals surface area contributed by atoms with Crippen LogP contribution in [0.5, 0.6) is 0 Å². The summed E-state index contributed by atoms with van der Waals surface area (Å²) >= 11 is 1.57. The van der Waals surface area contributed by atoms with E-state index in [1.807, 2.05) is 23.9 Å². The van der Waals surface area contributed by atoms with Crippen molar-refractivity contribution >= 4 is 17.3 Å². The summed E-state index contributed by atoms with van der Waals surface area (Å²) in [5, 5.41) is 14.3. The Kier molecular flexibility index (Phi) is 3.78. The lowest BCUT2D eigenvalue weighted by molar-refractivity contribution is 0.0696. The number of aromatic nitrogens is 2. The highest BCUT2D eigenvalue weighted by atomic mass is 32.1. The van der Waals surface area contributed by atoms with Crippen LogP contribution in [0.1, 0.15) is 27.4 Å². The lowest BCUT2D eigenvalue weighted by atomic mass is 10.2. The first kappa shape index (κ1) is 12.8. The van der Waals surface area contributed by atoms with Gasteiger partial charge in [-0.15, -0.1) is 11.3 Å². The zero-order chi connectivity index (χ0) is 13.1. The standard InChI is InChI=1S/C12H15N3O2S/c1-8-11(12(16)17)3-10(15(8)2)5-13-4-9-6-18-7-14-9/h3,6-7,13H,4-5H2,1-2H3,(H,16,17). The van der Waals surface area contributed by atoms with Crippen molar-refractivity contribution in [2.24, 2.45) is 7.05 Å². The van der Waals surface area contributed by atoms with E-state index in [1.54, 1.807) is 22.9 Å². The van der Waals surface area contributed by atoms with E-state index in [4.69, 9.17) is 5.11 Å². The smallest absolute Gasteiger partial charge is 0.337 e. The topological polar surface area (TPSA) is 67.2 Å². The monoisotopic (exact) mass is 265 g/mol. The Balaban J connectivity index is 2.01. The Labute approximate surface area is 109 Å². The van der Waals surface area contributed by atoms with Crippen molar-refractivity contribution in [1.82, 2.24) is 14.9 Å². The van der Waals surface area contributed by atoms with E-state index >= 15 is 0 Å². The minimum atomic E-state index is -0.881. The fraction of sp³-hybridized carbons (Fsp3) is 0.333. The molecule has 0 aliphatic heterocycles. The second-order valence-corrected chi connectivity index (χ2v) is 4.80. The molecule has 0 radical (unpaired) electrons. The Bertz CT molecular complexity index is 546. The zero-order valence-corrected chi connectivity index (χ0v) is 11.1. The molecule has 0 atom stereocenters. The zero-order valence-electron chi connectivity index (χ0n) is 10.3. The molecule has 6 heteroatoms. The minimum absolute atomic E-state index is 0.364. The van der Waals surface area contributed by atoms with E-state index in [2.05, 4.69) is 10.3 Å². The van der Waals surface area contributed by atoms with Crippen molar-refractivity contribution in [3.63, 3.8) is 0 Å². The maximum Gasteiger partial charge on any atom is 0.337 e. The van der Waals surface area contributed by atoms with Gasteiger partial charge in [0.15, 0.2) is 0 Å². The van der Waals surface area contributed by atoms with Crippen LogP contribution >= 0.6 is 11.3 Å². The van der Waals surface area contributed by atoms with Crippen LogP contribution in [-0.2, 0) is 20.1 Å². The Morgan fingerprint density at radius 3 is 2.89 bits per heavy atom. The summed E-state index contributed by atoms with van der Waals surface area (Å²) < 4.78 is 1.90. The number of nitrogens with zero attached hydrogens (tertiary/aromatic N) is 2. The van der Waals surface area contributed by atoms with Crippen LogP contribution in [0, 0.1) is 6.92 Å². The molecule has 2 heterocycles. The molecular formula is C12H15N3O2S. The second kappa shape index (κ2) is 5.32. The van der Waals surface area contributed by atoms with E-state index in [9.17, 15) is 4.79 Å². The van der Waals surface area contributed by atoms with Gasteiger partial charge in [-0.3, -0.25) is 0 Å². The fourth-order valence-corrected chi connectivity index (χ4v) is 2.35. The van der Waals surface area contributed by atoms with Crippen LogP contribution in [0.3, 0.4) is 0 Å². The quantitative estimate of drug-likeness (QED) is 0.864. The number of hydrogen-bond acceptors (Lipinski definition) is 4. The second-order valence-electron chi connectivity index (χ2n) is 4.08. The molecule has 0 fully saturated rings. The van der Waals surface area contributed by atoms with Crippen LogP contribution < -0.4 is 5.32 Å². The molecule has 0 aliphatic rings. The molecule has 2 aromatic rings. The van der Waals surface area contributed by atoms with Crippen molar-refractivity contribution in [1.29, 1.82) is 0 Å². The number of aromatic carboxylic acids is 1. The van der Waals surface area contributed by atoms with Crippen LogP contribution in [0.25, 0.3) is 0 Å². The van der Waals surface area contributed by atoms with Gasteiger partial charge in [0.1, 0.15) is 0 Å². The maximum atomic E-state index is 11.0. The molecule has 0 saturated heterocycles. The number of carboxylic acid groups (broad SMARTS) is 1. The molecule has 5 nitrogen and oxygen atoms in total. The molecule has 18 heavy (non-hydrogen) atoms. The summed E-state index contributed by atoms with van der Waals surface area (Å²) in [4.78, 5) is 15.2. The Morgan fingerprint density at radius 1 is 1.56 bits per heavy atom.